The van der Waals surface area contributed by atoms with Crippen LogP contribution in [-0.2, 0) is 11.2 Å². The molecule has 0 fully saturated rings. The second-order valence-corrected chi connectivity index (χ2v) is 6.28. The van der Waals surface area contributed by atoms with E-state index in [0.717, 1.165) is 11.9 Å². The van der Waals surface area contributed by atoms with Gasteiger partial charge in [0.05, 0.1) is 6.54 Å². The summed E-state index contributed by atoms with van der Waals surface area (Å²) < 4.78 is 0. The molecule has 0 saturated heterocycles. The number of rotatable bonds is 7. The summed E-state index contributed by atoms with van der Waals surface area (Å²) >= 11 is 0. The zero-order valence-corrected chi connectivity index (χ0v) is 14.6. The van der Waals surface area contributed by atoms with Crippen LogP contribution in [0.3, 0.4) is 0 Å². The molecule has 6 heteroatoms. The summed E-state index contributed by atoms with van der Waals surface area (Å²) in [4.78, 5) is 26.3. The molecule has 0 unspecified atom stereocenters. The fourth-order valence-electron chi connectivity index (χ4n) is 2.85. The van der Waals surface area contributed by atoms with Crippen LogP contribution in [0, 0.1) is 6.92 Å². The van der Waals surface area contributed by atoms with Gasteiger partial charge in [-0.15, -0.1) is 0 Å². The molecular weight excluding hydrogens is 328 g/mol. The molecule has 6 nitrogen and oxygen atoms in total. The van der Waals surface area contributed by atoms with E-state index < -0.39 is 5.91 Å². The van der Waals surface area contributed by atoms with Crippen LogP contribution >= 0.6 is 0 Å². The molecule has 1 heterocycles. The molecule has 1 aromatic heterocycles. The van der Waals surface area contributed by atoms with Gasteiger partial charge in [0.25, 0.3) is 0 Å². The summed E-state index contributed by atoms with van der Waals surface area (Å²) in [7, 11) is 0. The maximum atomic E-state index is 12.0. The van der Waals surface area contributed by atoms with Gasteiger partial charge in [0.15, 0.2) is 0 Å². The van der Waals surface area contributed by atoms with Gasteiger partial charge in [-0.25, -0.2) is 0 Å². The van der Waals surface area contributed by atoms with E-state index in [4.69, 9.17) is 5.73 Å². The van der Waals surface area contributed by atoms with Gasteiger partial charge < -0.3 is 21.4 Å². The van der Waals surface area contributed by atoms with Crippen molar-refractivity contribution in [3.05, 3.63) is 65.4 Å². The normalized spacial score (nSPS) is 10.8. The van der Waals surface area contributed by atoms with Gasteiger partial charge in [0.2, 0.25) is 11.8 Å². The first-order valence-electron chi connectivity index (χ1n) is 8.50. The first kappa shape index (κ1) is 17.7. The van der Waals surface area contributed by atoms with Crippen molar-refractivity contribution < 1.29 is 9.59 Å². The highest BCUT2D eigenvalue weighted by Crippen LogP contribution is 2.19. The average Bonchev–Trinajstić information content (AvgIpc) is 3.01. The number of fused-ring (bicyclic) bond motifs is 1. The van der Waals surface area contributed by atoms with Crippen LogP contribution in [0.1, 0.15) is 21.5 Å². The fraction of sp³-hybridized carbons (Fsp3) is 0.200. The number of aromatic nitrogens is 1. The van der Waals surface area contributed by atoms with Crippen molar-refractivity contribution in [1.29, 1.82) is 0 Å². The zero-order valence-electron chi connectivity index (χ0n) is 14.6. The molecule has 0 aliphatic carbocycles. The Hall–Kier alpha value is -3.12. The predicted octanol–water partition coefficient (Wildman–Crippen LogP) is 2.35. The molecule has 0 saturated carbocycles. The molecule has 26 heavy (non-hydrogen) atoms. The quantitative estimate of drug-likeness (QED) is 0.492. The van der Waals surface area contributed by atoms with Crippen LogP contribution in [0.5, 0.6) is 0 Å². The Morgan fingerprint density at radius 3 is 2.62 bits per heavy atom. The Kier molecular flexibility index (Phi) is 5.34. The summed E-state index contributed by atoms with van der Waals surface area (Å²) in [5, 5.41) is 7.16. The van der Waals surface area contributed by atoms with Gasteiger partial charge in [-0.1, -0.05) is 11.6 Å². The number of hydrogen-bond acceptors (Lipinski definition) is 3. The first-order valence-corrected chi connectivity index (χ1v) is 8.50. The van der Waals surface area contributed by atoms with Gasteiger partial charge in [-0.05, 0) is 61.9 Å². The van der Waals surface area contributed by atoms with Crippen LogP contribution in [-0.4, -0.2) is 29.9 Å². The van der Waals surface area contributed by atoms with Gasteiger partial charge in [-0.3, -0.25) is 9.59 Å². The van der Waals surface area contributed by atoms with E-state index >= 15 is 0 Å². The lowest BCUT2D eigenvalue weighted by Gasteiger charge is -2.07. The number of nitrogens with one attached hydrogen (secondary N) is 3. The smallest absolute Gasteiger partial charge is 0.248 e. The third-order valence-electron chi connectivity index (χ3n) is 4.23. The van der Waals surface area contributed by atoms with Crippen LogP contribution < -0.4 is 16.4 Å². The van der Waals surface area contributed by atoms with Gasteiger partial charge in [-0.2, -0.15) is 0 Å². The second kappa shape index (κ2) is 7.84. The number of H-pyrrole nitrogens is 1. The third kappa shape index (κ3) is 4.29. The lowest BCUT2D eigenvalue weighted by Crippen LogP contribution is -2.29. The number of anilines is 1. The summed E-state index contributed by atoms with van der Waals surface area (Å²) in [5.41, 5.74) is 9.83. The van der Waals surface area contributed by atoms with E-state index in [1.54, 1.807) is 24.3 Å². The lowest BCUT2D eigenvalue weighted by atomic mass is 10.1. The molecule has 134 valence electrons. The summed E-state index contributed by atoms with van der Waals surface area (Å²) in [5.74, 6) is -0.622. The van der Waals surface area contributed by atoms with Crippen molar-refractivity contribution >= 4 is 28.4 Å². The maximum Gasteiger partial charge on any atom is 0.248 e. The maximum absolute atomic E-state index is 12.0. The van der Waals surface area contributed by atoms with Crippen molar-refractivity contribution in [3.63, 3.8) is 0 Å². The number of carbonyl (C=O) groups is 2. The minimum absolute atomic E-state index is 0.133. The molecule has 2 aromatic carbocycles. The second-order valence-electron chi connectivity index (χ2n) is 6.28. The number of benzene rings is 2. The molecule has 0 bridgehead atoms. The van der Waals surface area contributed by atoms with E-state index in [1.807, 2.05) is 6.20 Å². The molecule has 2 amide bonds. The van der Waals surface area contributed by atoms with E-state index in [2.05, 4.69) is 40.7 Å². The highest BCUT2D eigenvalue weighted by Gasteiger charge is 2.06. The molecule has 3 rings (SSSR count). The molecule has 0 aliphatic heterocycles. The highest BCUT2D eigenvalue weighted by molar-refractivity contribution is 5.95. The Morgan fingerprint density at radius 1 is 1.12 bits per heavy atom. The largest absolute Gasteiger partial charge is 0.366 e. The van der Waals surface area contributed by atoms with E-state index in [0.29, 0.717) is 17.8 Å². The van der Waals surface area contributed by atoms with Crippen molar-refractivity contribution in [3.8, 4) is 0 Å². The van der Waals surface area contributed by atoms with Crippen LogP contribution in [0.25, 0.3) is 10.9 Å². The van der Waals surface area contributed by atoms with Gasteiger partial charge in [0.1, 0.15) is 0 Å². The van der Waals surface area contributed by atoms with Gasteiger partial charge in [0, 0.05) is 28.4 Å². The average molecular weight is 350 g/mol. The van der Waals surface area contributed by atoms with Crippen molar-refractivity contribution in [1.82, 2.24) is 10.3 Å². The Bertz CT molecular complexity index is 929. The number of carbonyl (C=O) groups excluding carboxylic acids is 2. The molecule has 0 aliphatic rings. The molecule has 0 radical (unpaired) electrons. The van der Waals surface area contributed by atoms with Crippen LogP contribution in [0.2, 0.25) is 0 Å². The van der Waals surface area contributed by atoms with Gasteiger partial charge >= 0.3 is 0 Å². The lowest BCUT2D eigenvalue weighted by molar-refractivity contribution is -0.115. The van der Waals surface area contributed by atoms with Crippen LogP contribution in [0.4, 0.5) is 5.69 Å². The number of hydrogen-bond donors (Lipinski definition) is 4. The van der Waals surface area contributed by atoms with Crippen molar-refractivity contribution in [2.45, 2.75) is 13.3 Å². The number of nitrogens with two attached hydrogens (primary N) is 1. The summed E-state index contributed by atoms with van der Waals surface area (Å²) in [6.45, 7) is 3.00. The standard InChI is InChI=1S/C20H22N4O2/c1-13-2-7-18-17(10-13)15(11-23-18)8-9-22-12-19(25)24-16-5-3-14(4-6-16)20(21)26/h2-7,10-11,22-23H,8-9,12H2,1H3,(H2,21,26)(H,24,25). The Balaban J connectivity index is 1.46. The van der Waals surface area contributed by atoms with Crippen LogP contribution in [0.15, 0.2) is 48.7 Å². The van der Waals surface area contributed by atoms with Crippen molar-refractivity contribution in [2.75, 3.05) is 18.4 Å². The van der Waals surface area contributed by atoms with E-state index in [1.165, 1.54) is 16.5 Å². The molecule has 3 aromatic rings. The summed E-state index contributed by atoms with van der Waals surface area (Å²) in [6.07, 6.45) is 2.86. The molecule has 5 N–H and O–H groups in total. The fourth-order valence-corrected chi connectivity index (χ4v) is 2.85. The van der Waals surface area contributed by atoms with Crippen molar-refractivity contribution in [2.24, 2.45) is 5.73 Å². The minimum atomic E-state index is -0.489. The summed E-state index contributed by atoms with van der Waals surface area (Å²) in [6, 6.07) is 12.8. The SMILES string of the molecule is Cc1ccc2[nH]cc(CCNCC(=O)Nc3ccc(C(N)=O)cc3)c2c1. The number of aryl methyl sites for hydroxylation is 1. The monoisotopic (exact) mass is 350 g/mol. The molecule has 0 spiro atoms. The molecular formula is C20H22N4O2. The van der Waals surface area contributed by atoms with E-state index in [-0.39, 0.29) is 12.5 Å². The third-order valence-corrected chi connectivity index (χ3v) is 4.23. The van der Waals surface area contributed by atoms with E-state index in [9.17, 15) is 9.59 Å². The first-order chi connectivity index (χ1) is 12.5. The number of amides is 2. The Labute approximate surface area is 151 Å². The molecule has 0 atom stereocenters. The number of primary amides is 1. The topological polar surface area (TPSA) is 100 Å². The minimum Gasteiger partial charge on any atom is -0.366 e. The number of aromatic amines is 1. The predicted molar refractivity (Wildman–Crippen MR) is 103 cm³/mol. The highest BCUT2D eigenvalue weighted by atomic mass is 16.2. The zero-order chi connectivity index (χ0) is 18.5. The Morgan fingerprint density at radius 2 is 1.88 bits per heavy atom.